The minimum absolute atomic E-state index is 0.114. The molecule has 2 amide bonds. The van der Waals surface area contributed by atoms with E-state index in [2.05, 4.69) is 10.4 Å². The lowest BCUT2D eigenvalue weighted by Gasteiger charge is -2.09. The molecule has 8 nitrogen and oxygen atoms in total. The molecule has 0 atom stereocenters. The van der Waals surface area contributed by atoms with Crippen molar-refractivity contribution in [3.63, 3.8) is 0 Å². The highest BCUT2D eigenvalue weighted by Crippen LogP contribution is 2.30. The molecule has 0 unspecified atom stereocenters. The molecule has 3 aromatic carbocycles. The van der Waals surface area contributed by atoms with Crippen molar-refractivity contribution in [3.05, 3.63) is 95.1 Å². The number of nitrogens with zero attached hydrogens (tertiary/aromatic N) is 2. The van der Waals surface area contributed by atoms with Gasteiger partial charge in [0.15, 0.2) is 0 Å². The SMILES string of the molecule is COc1ccccc1C(=O)NCc1ccc(-c2nn(-c3cc(F)ccc3F)c(N)c2C(N)=O)cc1. The molecule has 5 N–H and O–H groups in total. The Morgan fingerprint density at radius 3 is 2.46 bits per heavy atom. The molecule has 178 valence electrons. The molecule has 0 saturated carbocycles. The van der Waals surface area contributed by atoms with Gasteiger partial charge in [0.25, 0.3) is 11.8 Å². The van der Waals surface area contributed by atoms with Gasteiger partial charge in [0, 0.05) is 18.2 Å². The van der Waals surface area contributed by atoms with Crippen molar-refractivity contribution in [2.24, 2.45) is 5.73 Å². The van der Waals surface area contributed by atoms with Gasteiger partial charge in [0.05, 0.1) is 12.7 Å². The summed E-state index contributed by atoms with van der Waals surface area (Å²) in [6.45, 7) is 0.227. The summed E-state index contributed by atoms with van der Waals surface area (Å²) in [7, 11) is 1.49. The maximum absolute atomic E-state index is 14.3. The largest absolute Gasteiger partial charge is 0.496 e. The summed E-state index contributed by atoms with van der Waals surface area (Å²) in [6.07, 6.45) is 0. The molecule has 35 heavy (non-hydrogen) atoms. The Labute approximate surface area is 199 Å². The van der Waals surface area contributed by atoms with Crippen molar-refractivity contribution >= 4 is 17.6 Å². The van der Waals surface area contributed by atoms with Crippen LogP contribution in [-0.2, 0) is 6.54 Å². The van der Waals surface area contributed by atoms with E-state index in [0.29, 0.717) is 16.9 Å². The van der Waals surface area contributed by atoms with Gasteiger partial charge < -0.3 is 21.5 Å². The van der Waals surface area contributed by atoms with E-state index in [9.17, 15) is 18.4 Å². The number of benzene rings is 3. The lowest BCUT2D eigenvalue weighted by Crippen LogP contribution is -2.23. The minimum atomic E-state index is -0.867. The Morgan fingerprint density at radius 2 is 1.77 bits per heavy atom. The zero-order valence-electron chi connectivity index (χ0n) is 18.6. The van der Waals surface area contributed by atoms with Crippen LogP contribution in [0.3, 0.4) is 0 Å². The van der Waals surface area contributed by atoms with Crippen LogP contribution in [0.15, 0.2) is 66.7 Å². The number of aromatic nitrogens is 2. The number of para-hydroxylation sites is 1. The van der Waals surface area contributed by atoms with Crippen LogP contribution >= 0.6 is 0 Å². The van der Waals surface area contributed by atoms with Gasteiger partial charge in [-0.25, -0.2) is 13.5 Å². The van der Waals surface area contributed by atoms with E-state index in [0.717, 1.165) is 28.4 Å². The number of methoxy groups -OCH3 is 1. The maximum atomic E-state index is 14.3. The van der Waals surface area contributed by atoms with Gasteiger partial charge in [0.1, 0.15) is 40.1 Å². The van der Waals surface area contributed by atoms with E-state index in [1.165, 1.54) is 7.11 Å². The van der Waals surface area contributed by atoms with Gasteiger partial charge in [-0.2, -0.15) is 5.10 Å². The Balaban J connectivity index is 1.60. The molecule has 0 bridgehead atoms. The zero-order chi connectivity index (χ0) is 25.1. The van der Waals surface area contributed by atoms with Gasteiger partial charge in [0.2, 0.25) is 0 Å². The Bertz CT molecular complexity index is 1420. The van der Waals surface area contributed by atoms with Crippen LogP contribution in [0.5, 0.6) is 5.75 Å². The molecule has 1 heterocycles. The van der Waals surface area contributed by atoms with E-state index in [-0.39, 0.29) is 35.2 Å². The first-order valence-electron chi connectivity index (χ1n) is 10.4. The molecule has 0 saturated heterocycles. The second-order valence-electron chi connectivity index (χ2n) is 7.56. The highest BCUT2D eigenvalue weighted by Gasteiger charge is 2.24. The number of hydrogen-bond acceptors (Lipinski definition) is 5. The van der Waals surface area contributed by atoms with Crippen LogP contribution in [0, 0.1) is 11.6 Å². The predicted octanol–water partition coefficient (Wildman–Crippen LogP) is 3.44. The van der Waals surface area contributed by atoms with E-state index in [1.54, 1.807) is 48.5 Å². The van der Waals surface area contributed by atoms with Crippen LogP contribution in [-0.4, -0.2) is 28.7 Å². The standard InChI is InChI=1S/C25H21F2N5O3/c1-35-20-5-3-2-4-17(20)25(34)30-13-14-6-8-15(9-7-14)22-21(24(29)33)23(28)32(31-22)19-12-16(26)10-11-18(19)27/h2-12H,13,28H2,1H3,(H2,29,33)(H,30,34). The fraction of sp³-hybridized carbons (Fsp3) is 0.0800. The first-order chi connectivity index (χ1) is 16.8. The molecule has 4 aromatic rings. The smallest absolute Gasteiger partial charge is 0.255 e. The van der Waals surface area contributed by atoms with Gasteiger partial charge >= 0.3 is 0 Å². The second-order valence-corrected chi connectivity index (χ2v) is 7.56. The predicted molar refractivity (Wildman–Crippen MR) is 126 cm³/mol. The monoisotopic (exact) mass is 477 g/mol. The molecule has 0 spiro atoms. The third-order valence-electron chi connectivity index (χ3n) is 5.34. The number of nitrogens with one attached hydrogen (secondary N) is 1. The Morgan fingerprint density at radius 1 is 1.06 bits per heavy atom. The molecule has 0 aliphatic rings. The number of anilines is 1. The molecule has 0 radical (unpaired) electrons. The number of primary amides is 1. The molecule has 4 rings (SSSR count). The number of carbonyl (C=O) groups excluding carboxylic acids is 2. The number of carbonyl (C=O) groups is 2. The highest BCUT2D eigenvalue weighted by atomic mass is 19.1. The third-order valence-corrected chi connectivity index (χ3v) is 5.34. The maximum Gasteiger partial charge on any atom is 0.255 e. The van der Waals surface area contributed by atoms with Gasteiger partial charge in [-0.3, -0.25) is 9.59 Å². The van der Waals surface area contributed by atoms with Crippen LogP contribution < -0.4 is 21.5 Å². The summed E-state index contributed by atoms with van der Waals surface area (Å²) >= 11 is 0. The Hall–Kier alpha value is -4.73. The van der Waals surface area contributed by atoms with Crippen LogP contribution in [0.4, 0.5) is 14.6 Å². The molecule has 0 fully saturated rings. The van der Waals surface area contributed by atoms with Gasteiger partial charge in [-0.1, -0.05) is 36.4 Å². The number of hydrogen-bond donors (Lipinski definition) is 3. The van der Waals surface area contributed by atoms with E-state index in [1.807, 2.05) is 0 Å². The summed E-state index contributed by atoms with van der Waals surface area (Å²) in [5, 5.41) is 7.05. The zero-order valence-corrected chi connectivity index (χ0v) is 18.6. The molecular formula is C25H21F2N5O3. The highest BCUT2D eigenvalue weighted by molar-refractivity contribution is 6.03. The summed E-state index contributed by atoms with van der Waals surface area (Å²) in [5.74, 6) is -2.39. The van der Waals surface area contributed by atoms with E-state index in [4.69, 9.17) is 16.2 Å². The third kappa shape index (κ3) is 4.67. The fourth-order valence-electron chi connectivity index (χ4n) is 3.60. The van der Waals surface area contributed by atoms with Gasteiger partial charge in [-0.05, 0) is 29.8 Å². The van der Waals surface area contributed by atoms with Crippen molar-refractivity contribution < 1.29 is 23.1 Å². The summed E-state index contributed by atoms with van der Waals surface area (Å²) < 4.78 is 34.2. The number of ether oxygens (including phenoxy) is 1. The Kier molecular flexibility index (Phi) is 6.45. The topological polar surface area (TPSA) is 125 Å². The number of amides is 2. The number of nitrogens with two attached hydrogens (primary N) is 2. The summed E-state index contributed by atoms with van der Waals surface area (Å²) in [5.41, 5.74) is 12.9. The molecule has 0 aliphatic heterocycles. The number of nitrogen functional groups attached to an aromatic ring is 1. The minimum Gasteiger partial charge on any atom is -0.496 e. The molecule has 1 aromatic heterocycles. The lowest BCUT2D eigenvalue weighted by atomic mass is 10.0. The first kappa shape index (κ1) is 23.4. The average molecular weight is 477 g/mol. The summed E-state index contributed by atoms with van der Waals surface area (Å²) in [4.78, 5) is 24.6. The quantitative estimate of drug-likeness (QED) is 0.376. The molecular weight excluding hydrogens is 456 g/mol. The van der Waals surface area contributed by atoms with Crippen LogP contribution in [0.25, 0.3) is 16.9 Å². The van der Waals surface area contributed by atoms with Crippen molar-refractivity contribution in [1.29, 1.82) is 0 Å². The fourth-order valence-corrected chi connectivity index (χ4v) is 3.60. The average Bonchev–Trinajstić information content (AvgIpc) is 3.21. The van der Waals surface area contributed by atoms with E-state index >= 15 is 0 Å². The van der Waals surface area contributed by atoms with Crippen molar-refractivity contribution in [2.45, 2.75) is 6.54 Å². The normalized spacial score (nSPS) is 10.7. The van der Waals surface area contributed by atoms with Crippen LogP contribution in [0.2, 0.25) is 0 Å². The van der Waals surface area contributed by atoms with Crippen molar-refractivity contribution in [1.82, 2.24) is 15.1 Å². The summed E-state index contributed by atoms with van der Waals surface area (Å²) in [6, 6.07) is 16.4. The van der Waals surface area contributed by atoms with Crippen LogP contribution in [0.1, 0.15) is 26.3 Å². The van der Waals surface area contributed by atoms with Crippen molar-refractivity contribution in [2.75, 3.05) is 12.8 Å². The lowest BCUT2D eigenvalue weighted by molar-refractivity contribution is 0.0946. The van der Waals surface area contributed by atoms with Crippen molar-refractivity contribution in [3.8, 4) is 22.7 Å². The second kappa shape index (κ2) is 9.64. The van der Waals surface area contributed by atoms with Gasteiger partial charge in [-0.15, -0.1) is 0 Å². The molecule has 0 aliphatic carbocycles. The number of rotatable bonds is 7. The molecule has 10 heteroatoms. The van der Waals surface area contributed by atoms with E-state index < -0.39 is 17.5 Å². The number of halogens is 2. The first-order valence-corrected chi connectivity index (χ1v) is 10.4.